The lowest BCUT2D eigenvalue weighted by Crippen LogP contribution is -2.10. The SMILES string of the molecule is CCCCC(=N)c1c(C)[nH]oc1=O. The molecule has 0 amide bonds. The van der Waals surface area contributed by atoms with E-state index in [0.29, 0.717) is 23.4 Å². The van der Waals surface area contributed by atoms with Gasteiger partial charge in [-0.2, -0.15) is 0 Å². The van der Waals surface area contributed by atoms with Crippen molar-refractivity contribution in [1.82, 2.24) is 5.16 Å². The summed E-state index contributed by atoms with van der Waals surface area (Å²) in [5.41, 5.74) is 0.979. The Balaban J connectivity index is 2.82. The molecule has 2 N–H and O–H groups in total. The zero-order chi connectivity index (χ0) is 9.84. The minimum absolute atomic E-state index is 0.370. The van der Waals surface area contributed by atoms with E-state index in [2.05, 4.69) is 16.6 Å². The Hall–Kier alpha value is -1.32. The van der Waals surface area contributed by atoms with Crippen molar-refractivity contribution >= 4 is 5.71 Å². The van der Waals surface area contributed by atoms with Crippen molar-refractivity contribution in [3.63, 3.8) is 0 Å². The van der Waals surface area contributed by atoms with E-state index in [1.807, 2.05) is 0 Å². The van der Waals surface area contributed by atoms with Gasteiger partial charge in [0.1, 0.15) is 5.56 Å². The van der Waals surface area contributed by atoms with Crippen LogP contribution in [-0.2, 0) is 0 Å². The van der Waals surface area contributed by atoms with Crippen molar-refractivity contribution in [3.8, 4) is 0 Å². The van der Waals surface area contributed by atoms with E-state index >= 15 is 0 Å². The van der Waals surface area contributed by atoms with Gasteiger partial charge in [-0.05, 0) is 19.8 Å². The third-order valence-electron chi connectivity index (χ3n) is 1.96. The maximum atomic E-state index is 11.1. The lowest BCUT2D eigenvalue weighted by molar-refractivity contribution is 0.387. The van der Waals surface area contributed by atoms with Gasteiger partial charge in [0.15, 0.2) is 0 Å². The van der Waals surface area contributed by atoms with Gasteiger partial charge in [0.05, 0.1) is 5.69 Å². The number of H-pyrrole nitrogens is 1. The smallest absolute Gasteiger partial charge is 0.338 e. The van der Waals surface area contributed by atoms with Crippen LogP contribution < -0.4 is 5.63 Å². The molecule has 1 aromatic rings. The second kappa shape index (κ2) is 4.07. The number of aromatic nitrogens is 1. The monoisotopic (exact) mass is 182 g/mol. The summed E-state index contributed by atoms with van der Waals surface area (Å²) in [4.78, 5) is 11.1. The van der Waals surface area contributed by atoms with Crippen molar-refractivity contribution in [2.45, 2.75) is 33.1 Å². The van der Waals surface area contributed by atoms with Crippen LogP contribution in [-0.4, -0.2) is 10.9 Å². The molecule has 13 heavy (non-hydrogen) atoms. The summed E-state index contributed by atoms with van der Waals surface area (Å²) in [6.07, 6.45) is 2.60. The first-order valence-electron chi connectivity index (χ1n) is 4.42. The number of hydrogen-bond acceptors (Lipinski definition) is 3. The molecule has 0 bridgehead atoms. The Morgan fingerprint density at radius 1 is 1.62 bits per heavy atom. The van der Waals surface area contributed by atoms with Crippen LogP contribution in [0.15, 0.2) is 9.32 Å². The molecule has 1 rings (SSSR count). The van der Waals surface area contributed by atoms with Crippen LogP contribution in [0.2, 0.25) is 0 Å². The van der Waals surface area contributed by atoms with Gasteiger partial charge in [0.25, 0.3) is 0 Å². The van der Waals surface area contributed by atoms with E-state index < -0.39 is 5.63 Å². The highest BCUT2D eigenvalue weighted by molar-refractivity contribution is 5.98. The highest BCUT2D eigenvalue weighted by Crippen LogP contribution is 2.05. The molecule has 0 saturated heterocycles. The molecule has 0 atom stereocenters. The highest BCUT2D eigenvalue weighted by Gasteiger charge is 2.12. The van der Waals surface area contributed by atoms with Crippen LogP contribution >= 0.6 is 0 Å². The molecule has 0 radical (unpaired) electrons. The predicted octanol–water partition coefficient (Wildman–Crippen LogP) is 1.83. The van der Waals surface area contributed by atoms with Crippen molar-refractivity contribution in [1.29, 1.82) is 5.41 Å². The molecule has 0 fully saturated rings. The van der Waals surface area contributed by atoms with E-state index in [0.717, 1.165) is 12.8 Å². The van der Waals surface area contributed by atoms with Gasteiger partial charge in [-0.3, -0.25) is 0 Å². The zero-order valence-corrected chi connectivity index (χ0v) is 7.94. The largest absolute Gasteiger partial charge is 0.366 e. The second-order valence-corrected chi connectivity index (χ2v) is 3.07. The average Bonchev–Trinajstić information content (AvgIpc) is 2.42. The van der Waals surface area contributed by atoms with E-state index in [4.69, 9.17) is 5.41 Å². The van der Waals surface area contributed by atoms with Crippen LogP contribution in [0.4, 0.5) is 0 Å². The van der Waals surface area contributed by atoms with Crippen molar-refractivity contribution in [3.05, 3.63) is 21.7 Å². The molecule has 0 aliphatic rings. The molecule has 4 nitrogen and oxygen atoms in total. The number of nitrogens with one attached hydrogen (secondary N) is 2. The molecule has 0 aliphatic carbocycles. The molecule has 1 aromatic heterocycles. The number of rotatable bonds is 4. The zero-order valence-electron chi connectivity index (χ0n) is 7.94. The standard InChI is InChI=1S/C9H14N2O2/c1-3-4-5-7(10)8-6(2)11-13-9(8)12/h10-11H,3-5H2,1-2H3. The van der Waals surface area contributed by atoms with Gasteiger partial charge < -0.3 is 9.93 Å². The molecule has 0 aromatic carbocycles. The summed E-state index contributed by atoms with van der Waals surface area (Å²) in [7, 11) is 0. The molecule has 1 heterocycles. The quantitative estimate of drug-likeness (QED) is 0.697. The van der Waals surface area contributed by atoms with Gasteiger partial charge in [-0.1, -0.05) is 13.3 Å². The minimum Gasteiger partial charge on any atom is -0.338 e. The summed E-state index contributed by atoms with van der Waals surface area (Å²) < 4.78 is 4.57. The van der Waals surface area contributed by atoms with E-state index in [1.54, 1.807) is 6.92 Å². The number of hydrogen-bond donors (Lipinski definition) is 2. The Bertz CT molecular complexity index is 349. The molecule has 4 heteroatoms. The molecule has 72 valence electrons. The second-order valence-electron chi connectivity index (χ2n) is 3.07. The van der Waals surface area contributed by atoms with Gasteiger partial charge in [-0.25, -0.2) is 9.95 Å². The molecular formula is C9H14N2O2. The first kappa shape index (κ1) is 9.77. The van der Waals surface area contributed by atoms with Crippen LogP contribution in [0.25, 0.3) is 0 Å². The van der Waals surface area contributed by atoms with Crippen LogP contribution in [0, 0.1) is 12.3 Å². The van der Waals surface area contributed by atoms with Crippen molar-refractivity contribution < 1.29 is 4.52 Å². The third kappa shape index (κ3) is 2.08. The van der Waals surface area contributed by atoms with Gasteiger partial charge >= 0.3 is 5.63 Å². The van der Waals surface area contributed by atoms with Crippen molar-refractivity contribution in [2.75, 3.05) is 0 Å². The predicted molar refractivity (Wildman–Crippen MR) is 50.4 cm³/mol. The van der Waals surface area contributed by atoms with E-state index in [1.165, 1.54) is 0 Å². The molecule has 0 saturated carbocycles. The number of aryl methyl sites for hydroxylation is 1. The topological polar surface area (TPSA) is 69.8 Å². The van der Waals surface area contributed by atoms with Crippen LogP contribution in [0.5, 0.6) is 0 Å². The number of unbranched alkanes of at least 4 members (excludes halogenated alkanes) is 1. The summed E-state index contributed by atoms with van der Waals surface area (Å²) in [5, 5.41) is 10.1. The molecule has 0 aliphatic heterocycles. The average molecular weight is 182 g/mol. The lowest BCUT2D eigenvalue weighted by Gasteiger charge is -1.98. The summed E-state index contributed by atoms with van der Waals surface area (Å²) in [6.45, 7) is 3.79. The minimum atomic E-state index is -0.432. The third-order valence-corrected chi connectivity index (χ3v) is 1.96. The summed E-state index contributed by atoms with van der Waals surface area (Å²) in [5.74, 6) is 0. The maximum Gasteiger partial charge on any atom is 0.366 e. The van der Waals surface area contributed by atoms with Crippen LogP contribution in [0.1, 0.15) is 37.4 Å². The summed E-state index contributed by atoms with van der Waals surface area (Å²) >= 11 is 0. The van der Waals surface area contributed by atoms with Crippen molar-refractivity contribution in [2.24, 2.45) is 0 Å². The van der Waals surface area contributed by atoms with Gasteiger partial charge in [0.2, 0.25) is 0 Å². The highest BCUT2D eigenvalue weighted by atomic mass is 16.5. The Kier molecular flexibility index (Phi) is 3.06. The van der Waals surface area contributed by atoms with Gasteiger partial charge in [0, 0.05) is 5.71 Å². The molecule has 0 unspecified atom stereocenters. The fourth-order valence-corrected chi connectivity index (χ4v) is 1.21. The summed E-state index contributed by atoms with van der Waals surface area (Å²) in [6, 6.07) is 0. The number of aromatic amines is 1. The Morgan fingerprint density at radius 2 is 2.31 bits per heavy atom. The normalized spacial score (nSPS) is 10.3. The Morgan fingerprint density at radius 3 is 2.77 bits per heavy atom. The lowest BCUT2D eigenvalue weighted by atomic mass is 10.1. The Labute approximate surface area is 76.4 Å². The van der Waals surface area contributed by atoms with Gasteiger partial charge in [-0.15, -0.1) is 0 Å². The fourth-order valence-electron chi connectivity index (χ4n) is 1.21. The first-order valence-corrected chi connectivity index (χ1v) is 4.42. The van der Waals surface area contributed by atoms with Crippen LogP contribution in [0.3, 0.4) is 0 Å². The molecule has 0 spiro atoms. The van der Waals surface area contributed by atoms with E-state index in [-0.39, 0.29) is 0 Å². The first-order chi connectivity index (χ1) is 6.16. The fraction of sp³-hybridized carbons (Fsp3) is 0.556. The maximum absolute atomic E-state index is 11.1. The van der Waals surface area contributed by atoms with E-state index in [9.17, 15) is 4.79 Å². The molecular weight excluding hydrogens is 168 g/mol.